The monoisotopic (exact) mass is 385 g/mol. The molecule has 4 aromatic carbocycles. The number of rotatable bonds is 2. The fourth-order valence-corrected chi connectivity index (χ4v) is 4.76. The van der Waals surface area contributed by atoms with Crippen molar-refractivity contribution in [1.82, 2.24) is 4.57 Å². The van der Waals surface area contributed by atoms with Crippen LogP contribution in [0.15, 0.2) is 97.7 Å². The van der Waals surface area contributed by atoms with Crippen molar-refractivity contribution in [2.75, 3.05) is 0 Å². The Balaban J connectivity index is 1.68. The van der Waals surface area contributed by atoms with Crippen molar-refractivity contribution in [3.63, 3.8) is 0 Å². The number of nitrogens with one attached hydrogen (secondary N) is 1. The zero-order chi connectivity index (χ0) is 20.2. The van der Waals surface area contributed by atoms with Crippen molar-refractivity contribution in [2.24, 2.45) is 0 Å². The number of nitrogens with zero attached hydrogens (tertiary/aromatic N) is 1. The molecular formula is C28H21N2+. The summed E-state index contributed by atoms with van der Waals surface area (Å²) in [4.78, 5) is 3.51. The summed E-state index contributed by atoms with van der Waals surface area (Å²) < 4.78 is 2.26. The van der Waals surface area contributed by atoms with Gasteiger partial charge in [-0.25, -0.2) is 4.98 Å². The summed E-state index contributed by atoms with van der Waals surface area (Å²) in [7, 11) is 0. The van der Waals surface area contributed by atoms with Gasteiger partial charge >= 0.3 is 0 Å². The van der Waals surface area contributed by atoms with Crippen LogP contribution in [0.25, 0.3) is 60.3 Å². The van der Waals surface area contributed by atoms with Crippen molar-refractivity contribution in [1.29, 1.82) is 0 Å². The highest BCUT2D eigenvalue weighted by Gasteiger charge is 2.16. The van der Waals surface area contributed by atoms with E-state index in [0.29, 0.717) is 0 Å². The molecule has 0 unspecified atom stereocenters. The zero-order valence-corrected chi connectivity index (χ0v) is 16.8. The molecule has 0 saturated heterocycles. The van der Waals surface area contributed by atoms with E-state index in [0.717, 1.165) is 11.4 Å². The Morgan fingerprint density at radius 3 is 2.30 bits per heavy atom. The van der Waals surface area contributed by atoms with E-state index in [1.54, 1.807) is 0 Å². The largest absolute Gasteiger partial charge is 0.314 e. The fourth-order valence-electron chi connectivity index (χ4n) is 4.76. The minimum absolute atomic E-state index is 1.02. The van der Waals surface area contributed by atoms with Gasteiger partial charge in [0.25, 0.3) is 0 Å². The molecule has 0 fully saturated rings. The van der Waals surface area contributed by atoms with Crippen molar-refractivity contribution >= 4 is 49.0 Å². The van der Waals surface area contributed by atoms with Crippen LogP contribution in [0.5, 0.6) is 0 Å². The first-order chi connectivity index (χ1) is 14.7. The van der Waals surface area contributed by atoms with Crippen LogP contribution in [0.3, 0.4) is 0 Å². The first-order valence-electron chi connectivity index (χ1n) is 10.2. The third-order valence-electron chi connectivity index (χ3n) is 6.06. The number of aromatic amines is 1. The van der Waals surface area contributed by atoms with Gasteiger partial charge in [-0.05, 0) is 42.0 Å². The Morgan fingerprint density at radius 2 is 1.43 bits per heavy atom. The maximum atomic E-state index is 4.24. The van der Waals surface area contributed by atoms with Crippen LogP contribution < -0.4 is 4.98 Å². The molecule has 0 amide bonds. The van der Waals surface area contributed by atoms with E-state index in [1.165, 1.54) is 48.9 Å². The zero-order valence-electron chi connectivity index (χ0n) is 16.8. The van der Waals surface area contributed by atoms with Crippen molar-refractivity contribution in [2.45, 2.75) is 6.92 Å². The molecule has 142 valence electrons. The molecular weight excluding hydrogens is 364 g/mol. The second-order valence-electron chi connectivity index (χ2n) is 7.92. The molecule has 6 rings (SSSR count). The summed E-state index contributed by atoms with van der Waals surface area (Å²) in [6.07, 6.45) is 2.04. The summed E-state index contributed by atoms with van der Waals surface area (Å²) in [6.45, 7) is 6.30. The molecule has 0 bridgehead atoms. The van der Waals surface area contributed by atoms with Gasteiger partial charge in [0.1, 0.15) is 0 Å². The van der Waals surface area contributed by atoms with Gasteiger partial charge in [0.05, 0.1) is 16.4 Å². The van der Waals surface area contributed by atoms with E-state index in [-0.39, 0.29) is 0 Å². The highest BCUT2D eigenvalue weighted by atomic mass is 15.0. The number of pyridine rings is 1. The first-order valence-corrected chi connectivity index (χ1v) is 10.2. The highest BCUT2D eigenvalue weighted by molar-refractivity contribution is 6.13. The van der Waals surface area contributed by atoms with Gasteiger partial charge in [-0.1, -0.05) is 61.2 Å². The van der Waals surface area contributed by atoms with Crippen LogP contribution in [-0.4, -0.2) is 4.57 Å². The lowest BCUT2D eigenvalue weighted by molar-refractivity contribution is -0.362. The lowest BCUT2D eigenvalue weighted by atomic mass is 9.98. The molecule has 2 heterocycles. The molecule has 0 atom stereocenters. The molecule has 0 aliphatic heterocycles. The van der Waals surface area contributed by atoms with Crippen LogP contribution in [0, 0.1) is 0 Å². The Bertz CT molecular complexity index is 1620. The Labute approximate surface area is 174 Å². The van der Waals surface area contributed by atoms with Gasteiger partial charge in [-0.3, -0.25) is 0 Å². The van der Waals surface area contributed by atoms with Crippen molar-refractivity contribution in [3.05, 3.63) is 97.7 Å². The van der Waals surface area contributed by atoms with Gasteiger partial charge in [0, 0.05) is 33.5 Å². The van der Waals surface area contributed by atoms with E-state index in [2.05, 4.69) is 108 Å². The smallest absolute Gasteiger partial charge is 0.218 e. The molecule has 6 aromatic rings. The van der Waals surface area contributed by atoms with Crippen LogP contribution in [0.4, 0.5) is 0 Å². The normalized spacial score (nSPS) is 11.6. The summed E-state index contributed by atoms with van der Waals surface area (Å²) in [6, 6.07) is 30.4. The molecule has 0 saturated carbocycles. The van der Waals surface area contributed by atoms with Crippen molar-refractivity contribution < 1.29 is 4.98 Å². The standard InChI is InChI=1S/C28H20N2/c1-18(2)30-26-10-6-5-9-23(26)24-13-12-20(17-27(24)30)28-25-14-11-19-7-3-4-8-21(19)22(25)15-16-29-28/h3-17H,1H2,2H3/p+1. The van der Waals surface area contributed by atoms with E-state index in [9.17, 15) is 0 Å². The topological polar surface area (TPSA) is 19.1 Å². The molecule has 2 nitrogen and oxygen atoms in total. The molecule has 0 aliphatic carbocycles. The number of hydrogen-bond acceptors (Lipinski definition) is 0. The van der Waals surface area contributed by atoms with E-state index >= 15 is 0 Å². The van der Waals surface area contributed by atoms with Crippen LogP contribution in [0.1, 0.15) is 6.92 Å². The molecule has 0 aliphatic rings. The van der Waals surface area contributed by atoms with E-state index < -0.39 is 0 Å². The fraction of sp³-hybridized carbons (Fsp3) is 0.0357. The summed E-state index contributed by atoms with van der Waals surface area (Å²) in [5.41, 5.74) is 5.72. The second kappa shape index (κ2) is 6.30. The number of para-hydroxylation sites is 1. The van der Waals surface area contributed by atoms with Crippen molar-refractivity contribution in [3.8, 4) is 11.3 Å². The minimum atomic E-state index is 1.02. The quantitative estimate of drug-likeness (QED) is 0.284. The third kappa shape index (κ3) is 2.34. The van der Waals surface area contributed by atoms with Gasteiger partial charge in [-0.2, -0.15) is 0 Å². The van der Waals surface area contributed by atoms with Gasteiger partial charge in [0.15, 0.2) is 6.20 Å². The highest BCUT2D eigenvalue weighted by Crippen LogP contribution is 2.35. The number of allylic oxidation sites excluding steroid dienone is 1. The van der Waals surface area contributed by atoms with E-state index in [1.807, 2.05) is 6.20 Å². The molecule has 2 aromatic heterocycles. The van der Waals surface area contributed by atoms with Gasteiger partial charge in [-0.15, -0.1) is 0 Å². The van der Waals surface area contributed by atoms with Crippen LogP contribution >= 0.6 is 0 Å². The maximum Gasteiger partial charge on any atom is 0.218 e. The lowest BCUT2D eigenvalue weighted by Gasteiger charge is -2.08. The Hall–Kier alpha value is -3.91. The average Bonchev–Trinajstić information content (AvgIpc) is 3.12. The molecule has 0 spiro atoms. The Kier molecular flexibility index (Phi) is 3.57. The molecule has 1 N–H and O–H groups in total. The average molecular weight is 385 g/mol. The van der Waals surface area contributed by atoms with E-state index in [4.69, 9.17) is 0 Å². The Morgan fingerprint density at radius 1 is 0.700 bits per heavy atom. The summed E-state index contributed by atoms with van der Waals surface area (Å²) in [5, 5.41) is 7.55. The van der Waals surface area contributed by atoms with Gasteiger partial charge in [0.2, 0.25) is 5.69 Å². The SMILES string of the molecule is C=C(C)n1c2ccccc2c2ccc(-c3[nH+]ccc4c3ccc3ccccc34)cc21. The molecule has 2 heteroatoms. The number of H-pyrrole nitrogens is 1. The third-order valence-corrected chi connectivity index (χ3v) is 6.06. The van der Waals surface area contributed by atoms with Crippen LogP contribution in [0.2, 0.25) is 0 Å². The molecule has 0 radical (unpaired) electrons. The number of benzene rings is 4. The second-order valence-corrected chi connectivity index (χ2v) is 7.92. The van der Waals surface area contributed by atoms with Gasteiger partial charge < -0.3 is 4.57 Å². The number of fused-ring (bicyclic) bond motifs is 6. The summed E-state index contributed by atoms with van der Waals surface area (Å²) >= 11 is 0. The molecule has 30 heavy (non-hydrogen) atoms. The maximum absolute atomic E-state index is 4.24. The number of aromatic nitrogens is 2. The summed E-state index contributed by atoms with van der Waals surface area (Å²) in [5.74, 6) is 0. The lowest BCUT2D eigenvalue weighted by Crippen LogP contribution is -2.06. The predicted molar refractivity (Wildman–Crippen MR) is 127 cm³/mol. The van der Waals surface area contributed by atoms with Crippen LogP contribution in [-0.2, 0) is 0 Å². The minimum Gasteiger partial charge on any atom is -0.314 e. The number of hydrogen-bond donors (Lipinski definition) is 0. The predicted octanol–water partition coefficient (Wildman–Crippen LogP) is 7.07. The first kappa shape index (κ1) is 17.0.